The van der Waals surface area contributed by atoms with Crippen LogP contribution in [-0.4, -0.2) is 39.8 Å². The molecule has 0 aromatic heterocycles. The second-order valence-electron chi connectivity index (χ2n) is 4.48. The Morgan fingerprint density at radius 1 is 1.48 bits per heavy atom. The summed E-state index contributed by atoms with van der Waals surface area (Å²) in [5.41, 5.74) is 5.70. The van der Waals surface area contributed by atoms with Gasteiger partial charge in [-0.05, 0) is 25.5 Å². The van der Waals surface area contributed by atoms with E-state index < -0.39 is 21.0 Å². The summed E-state index contributed by atoms with van der Waals surface area (Å²) in [7, 11) is -2.39. The normalized spacial score (nSPS) is 12.9. The van der Waals surface area contributed by atoms with Crippen molar-refractivity contribution in [3.05, 3.63) is 23.2 Å². The van der Waals surface area contributed by atoms with E-state index in [1.54, 1.807) is 13.2 Å². The van der Waals surface area contributed by atoms with Gasteiger partial charge in [0.15, 0.2) is 9.84 Å². The number of sulfone groups is 1. The quantitative estimate of drug-likeness (QED) is 0.577. The van der Waals surface area contributed by atoms with Gasteiger partial charge in [0.2, 0.25) is 5.91 Å². The largest absolute Gasteiger partial charge is 0.398 e. The van der Waals surface area contributed by atoms with Crippen LogP contribution >= 0.6 is 11.6 Å². The number of carbonyl (C=O) groups excluding carboxylic acids is 1. The minimum absolute atomic E-state index is 0.00836. The highest BCUT2D eigenvalue weighted by atomic mass is 35.5. The van der Waals surface area contributed by atoms with Crippen LogP contribution in [0.3, 0.4) is 0 Å². The number of nitrogens with two attached hydrogens (primary N) is 1. The first kappa shape index (κ1) is 17.7. The van der Waals surface area contributed by atoms with Gasteiger partial charge >= 0.3 is 0 Å². The van der Waals surface area contributed by atoms with Crippen LogP contribution in [0, 0.1) is 0 Å². The Kier molecular flexibility index (Phi) is 6.44. The number of nitrogen functional groups attached to an aromatic ring is 1. The van der Waals surface area contributed by atoms with Crippen LogP contribution in [0.2, 0.25) is 5.02 Å². The molecule has 1 amide bonds. The Bertz CT molecular complexity index is 584. The second kappa shape index (κ2) is 7.63. The number of nitrogens with one attached hydrogen (secondary N) is 1. The lowest BCUT2D eigenvalue weighted by Crippen LogP contribution is -2.38. The molecule has 1 unspecified atom stereocenters. The number of methoxy groups -OCH3 is 1. The van der Waals surface area contributed by atoms with Crippen LogP contribution in [0.25, 0.3) is 0 Å². The third kappa shape index (κ3) is 4.33. The molecule has 0 aliphatic rings. The van der Waals surface area contributed by atoms with Gasteiger partial charge in [0.1, 0.15) is 10.1 Å². The molecule has 1 aromatic carbocycles. The average Bonchev–Trinajstić information content (AvgIpc) is 2.42. The molecule has 0 aliphatic heterocycles. The highest BCUT2D eigenvalue weighted by Crippen LogP contribution is 2.30. The van der Waals surface area contributed by atoms with Crippen molar-refractivity contribution in [3.8, 4) is 0 Å². The minimum atomic E-state index is -3.94. The number of amides is 1. The molecule has 0 radical (unpaired) electrons. The second-order valence-corrected chi connectivity index (χ2v) is 7.10. The molecule has 8 heteroatoms. The molecule has 1 aromatic rings. The molecule has 3 N–H and O–H groups in total. The lowest BCUT2D eigenvalue weighted by molar-refractivity contribution is -0.120. The van der Waals surface area contributed by atoms with Crippen molar-refractivity contribution in [2.75, 3.05) is 26.0 Å². The monoisotopic (exact) mass is 334 g/mol. The SMILES string of the molecule is COCCCNC(=O)C(C)S(=O)(=O)c1c(N)cccc1Cl. The van der Waals surface area contributed by atoms with Gasteiger partial charge in [-0.1, -0.05) is 17.7 Å². The fourth-order valence-corrected chi connectivity index (χ4v) is 3.67. The molecule has 1 atom stereocenters. The van der Waals surface area contributed by atoms with E-state index in [9.17, 15) is 13.2 Å². The predicted molar refractivity (Wildman–Crippen MR) is 82.0 cm³/mol. The van der Waals surface area contributed by atoms with Crippen molar-refractivity contribution < 1.29 is 17.9 Å². The maximum absolute atomic E-state index is 12.5. The Balaban J connectivity index is 2.89. The van der Waals surface area contributed by atoms with Crippen molar-refractivity contribution in [2.24, 2.45) is 0 Å². The van der Waals surface area contributed by atoms with Crippen LogP contribution in [0.4, 0.5) is 5.69 Å². The predicted octanol–water partition coefficient (Wildman–Crippen LogP) is 1.24. The first-order valence-corrected chi connectivity index (χ1v) is 8.29. The summed E-state index contributed by atoms with van der Waals surface area (Å²) in [4.78, 5) is 11.7. The summed E-state index contributed by atoms with van der Waals surface area (Å²) in [5.74, 6) is -0.592. The summed E-state index contributed by atoms with van der Waals surface area (Å²) in [6, 6.07) is 4.40. The van der Waals surface area contributed by atoms with Gasteiger partial charge in [-0.15, -0.1) is 0 Å². The van der Waals surface area contributed by atoms with Crippen molar-refractivity contribution in [1.82, 2.24) is 5.32 Å². The van der Waals surface area contributed by atoms with E-state index in [2.05, 4.69) is 5.32 Å². The molecule has 0 heterocycles. The van der Waals surface area contributed by atoms with E-state index in [4.69, 9.17) is 22.1 Å². The smallest absolute Gasteiger partial charge is 0.238 e. The maximum Gasteiger partial charge on any atom is 0.238 e. The molecule has 0 aliphatic carbocycles. The van der Waals surface area contributed by atoms with Gasteiger partial charge in [0, 0.05) is 20.3 Å². The van der Waals surface area contributed by atoms with E-state index in [0.29, 0.717) is 19.6 Å². The fourth-order valence-electron chi connectivity index (χ4n) is 1.72. The van der Waals surface area contributed by atoms with Crippen molar-refractivity contribution in [3.63, 3.8) is 0 Å². The lowest BCUT2D eigenvalue weighted by Gasteiger charge is -2.15. The number of anilines is 1. The molecule has 0 fully saturated rings. The summed E-state index contributed by atoms with van der Waals surface area (Å²) in [6.07, 6.45) is 0.600. The minimum Gasteiger partial charge on any atom is -0.398 e. The Hall–Kier alpha value is -1.31. The van der Waals surface area contributed by atoms with Crippen LogP contribution < -0.4 is 11.1 Å². The number of benzene rings is 1. The van der Waals surface area contributed by atoms with Crippen LogP contribution in [0.5, 0.6) is 0 Å². The van der Waals surface area contributed by atoms with Gasteiger partial charge in [-0.3, -0.25) is 4.79 Å². The third-order valence-electron chi connectivity index (χ3n) is 2.94. The van der Waals surface area contributed by atoms with Gasteiger partial charge in [-0.2, -0.15) is 0 Å². The molecule has 0 saturated heterocycles. The standard InChI is InChI=1S/C13H19ClN2O4S/c1-9(13(17)16-7-4-8-20-2)21(18,19)12-10(14)5-3-6-11(12)15/h3,5-6,9H,4,7-8,15H2,1-2H3,(H,16,17). The van der Waals surface area contributed by atoms with E-state index in [-0.39, 0.29) is 15.6 Å². The highest BCUT2D eigenvalue weighted by molar-refractivity contribution is 7.93. The molecular weight excluding hydrogens is 316 g/mol. The number of hydrogen-bond donors (Lipinski definition) is 2. The van der Waals surface area contributed by atoms with E-state index >= 15 is 0 Å². The molecule has 0 bridgehead atoms. The highest BCUT2D eigenvalue weighted by Gasteiger charge is 2.32. The van der Waals surface area contributed by atoms with Crippen molar-refractivity contribution >= 4 is 33.0 Å². The maximum atomic E-state index is 12.5. The number of carbonyl (C=O) groups is 1. The molecule has 118 valence electrons. The summed E-state index contributed by atoms with van der Waals surface area (Å²) in [5, 5.41) is 1.28. The number of rotatable bonds is 7. The lowest BCUT2D eigenvalue weighted by atomic mass is 10.3. The first-order valence-electron chi connectivity index (χ1n) is 6.37. The average molecular weight is 335 g/mol. The number of hydrogen-bond acceptors (Lipinski definition) is 5. The summed E-state index contributed by atoms with van der Waals surface area (Å²) < 4.78 is 29.8. The zero-order valence-electron chi connectivity index (χ0n) is 11.9. The number of halogens is 1. The van der Waals surface area contributed by atoms with E-state index in [1.807, 2.05) is 0 Å². The Morgan fingerprint density at radius 2 is 2.14 bits per heavy atom. The topological polar surface area (TPSA) is 98.5 Å². The molecule has 1 rings (SSSR count). The van der Waals surface area contributed by atoms with Gasteiger partial charge < -0.3 is 15.8 Å². The molecule has 21 heavy (non-hydrogen) atoms. The molecule has 6 nitrogen and oxygen atoms in total. The van der Waals surface area contributed by atoms with Crippen LogP contribution in [-0.2, 0) is 19.4 Å². The first-order chi connectivity index (χ1) is 9.82. The van der Waals surface area contributed by atoms with Gasteiger partial charge in [0.05, 0.1) is 10.7 Å². The summed E-state index contributed by atoms with van der Waals surface area (Å²) >= 11 is 5.90. The molecule has 0 spiro atoms. The molecule has 0 saturated carbocycles. The van der Waals surface area contributed by atoms with Gasteiger partial charge in [-0.25, -0.2) is 8.42 Å². The zero-order chi connectivity index (χ0) is 16.0. The fraction of sp³-hybridized carbons (Fsp3) is 0.462. The van der Waals surface area contributed by atoms with Crippen LogP contribution in [0.1, 0.15) is 13.3 Å². The van der Waals surface area contributed by atoms with Crippen molar-refractivity contribution in [1.29, 1.82) is 0 Å². The number of ether oxygens (including phenoxy) is 1. The Morgan fingerprint density at radius 3 is 2.71 bits per heavy atom. The van der Waals surface area contributed by atoms with Gasteiger partial charge in [0.25, 0.3) is 0 Å². The van der Waals surface area contributed by atoms with E-state index in [0.717, 1.165) is 0 Å². The van der Waals surface area contributed by atoms with E-state index in [1.165, 1.54) is 19.1 Å². The zero-order valence-corrected chi connectivity index (χ0v) is 13.5. The molecular formula is C13H19ClN2O4S. The van der Waals surface area contributed by atoms with Crippen molar-refractivity contribution in [2.45, 2.75) is 23.5 Å². The van der Waals surface area contributed by atoms with Crippen LogP contribution in [0.15, 0.2) is 23.1 Å². The Labute approximate surface area is 129 Å². The third-order valence-corrected chi connectivity index (χ3v) is 5.54. The summed E-state index contributed by atoms with van der Waals surface area (Å²) in [6.45, 7) is 2.13.